The summed E-state index contributed by atoms with van der Waals surface area (Å²) in [5, 5.41) is 9.22. The van der Waals surface area contributed by atoms with Gasteiger partial charge in [0.25, 0.3) is 0 Å². The van der Waals surface area contributed by atoms with Gasteiger partial charge in [-0.1, -0.05) is 12.1 Å². The molecule has 6 heteroatoms. The van der Waals surface area contributed by atoms with Gasteiger partial charge in [-0.25, -0.2) is 9.89 Å². The lowest BCUT2D eigenvalue weighted by Crippen LogP contribution is -2.16. The number of nitrogens with zero attached hydrogens (tertiary/aromatic N) is 3. The van der Waals surface area contributed by atoms with Crippen LogP contribution in [-0.4, -0.2) is 27.3 Å². The minimum absolute atomic E-state index is 0.394. The van der Waals surface area contributed by atoms with Gasteiger partial charge in [0.2, 0.25) is 0 Å². The maximum absolute atomic E-state index is 11.2. The largest absolute Gasteiger partial charge is 0.494 e. The van der Waals surface area contributed by atoms with Crippen molar-refractivity contribution in [3.8, 4) is 11.4 Å². The summed E-state index contributed by atoms with van der Waals surface area (Å²) in [6.07, 6.45) is 0. The molecule has 6 nitrogen and oxygen atoms in total. The fourth-order valence-corrected chi connectivity index (χ4v) is 1.16. The number of rotatable bonds is 2. The zero-order valence-electron chi connectivity index (χ0n) is 7.47. The molecule has 0 saturated carbocycles. The maximum atomic E-state index is 11.2. The first kappa shape index (κ1) is 8.49. The molecule has 0 atom stereocenters. The number of ether oxygens (including phenoxy) is 1. The lowest BCUT2D eigenvalue weighted by Gasteiger charge is -2.04. The van der Waals surface area contributed by atoms with Gasteiger partial charge in [0.1, 0.15) is 11.4 Å². The summed E-state index contributed by atoms with van der Waals surface area (Å²) in [6, 6.07) is 7.08. The highest BCUT2D eigenvalue weighted by molar-refractivity contribution is 5.45. The Labute approximate surface area is 79.1 Å². The van der Waals surface area contributed by atoms with Crippen molar-refractivity contribution < 1.29 is 4.74 Å². The van der Waals surface area contributed by atoms with Crippen molar-refractivity contribution in [1.82, 2.24) is 20.2 Å². The molecule has 0 radical (unpaired) electrons. The zero-order chi connectivity index (χ0) is 9.97. The predicted octanol–water partition coefficient (Wildman–Crippen LogP) is -0.0358. The fraction of sp³-hybridized carbons (Fsp3) is 0.125. The van der Waals surface area contributed by atoms with E-state index in [2.05, 4.69) is 15.5 Å². The van der Waals surface area contributed by atoms with Crippen LogP contribution in [0.15, 0.2) is 29.1 Å². The van der Waals surface area contributed by atoms with Crippen molar-refractivity contribution >= 4 is 0 Å². The van der Waals surface area contributed by atoms with Gasteiger partial charge in [-0.2, -0.15) is 4.68 Å². The van der Waals surface area contributed by atoms with Crippen LogP contribution >= 0.6 is 0 Å². The molecule has 0 bridgehead atoms. The molecule has 0 fully saturated rings. The average molecular weight is 192 g/mol. The Balaban J connectivity index is 2.62. The van der Waals surface area contributed by atoms with E-state index < -0.39 is 5.69 Å². The highest BCUT2D eigenvalue weighted by atomic mass is 16.5. The van der Waals surface area contributed by atoms with Crippen LogP contribution in [-0.2, 0) is 0 Å². The van der Waals surface area contributed by atoms with E-state index in [0.29, 0.717) is 11.4 Å². The Hall–Kier alpha value is -2.11. The number of aromatic nitrogens is 4. The summed E-state index contributed by atoms with van der Waals surface area (Å²) in [5.74, 6) is 0.573. The molecule has 1 aromatic heterocycles. The molecular formula is C8H8N4O2. The first-order valence-electron chi connectivity index (χ1n) is 3.96. The monoisotopic (exact) mass is 192 g/mol. The quantitative estimate of drug-likeness (QED) is 0.724. The van der Waals surface area contributed by atoms with Crippen molar-refractivity contribution in [2.24, 2.45) is 0 Å². The predicted molar refractivity (Wildman–Crippen MR) is 48.5 cm³/mol. The Bertz CT molecular complexity index is 488. The second-order valence-electron chi connectivity index (χ2n) is 2.59. The third kappa shape index (κ3) is 1.26. The summed E-state index contributed by atoms with van der Waals surface area (Å²) in [7, 11) is 1.53. The van der Waals surface area contributed by atoms with Crippen LogP contribution in [0.5, 0.6) is 5.75 Å². The van der Waals surface area contributed by atoms with Gasteiger partial charge in [-0.05, 0) is 22.6 Å². The average Bonchev–Trinajstić information content (AvgIpc) is 2.64. The van der Waals surface area contributed by atoms with Crippen LogP contribution in [0.25, 0.3) is 5.69 Å². The smallest absolute Gasteiger partial charge is 0.365 e. The van der Waals surface area contributed by atoms with Gasteiger partial charge in [0.15, 0.2) is 0 Å². The SMILES string of the molecule is COc1ccccc1-n1nn[nH]c1=O. The molecule has 0 aliphatic rings. The van der Waals surface area contributed by atoms with E-state index in [1.54, 1.807) is 18.2 Å². The van der Waals surface area contributed by atoms with Gasteiger partial charge in [-0.3, -0.25) is 0 Å². The van der Waals surface area contributed by atoms with Crippen molar-refractivity contribution in [2.45, 2.75) is 0 Å². The molecule has 1 heterocycles. The lowest BCUT2D eigenvalue weighted by molar-refractivity contribution is 0.411. The summed E-state index contributed by atoms with van der Waals surface area (Å²) in [5.41, 5.74) is 0.170. The third-order valence-electron chi connectivity index (χ3n) is 1.79. The molecule has 0 aliphatic carbocycles. The van der Waals surface area contributed by atoms with E-state index in [4.69, 9.17) is 4.74 Å². The van der Waals surface area contributed by atoms with Crippen LogP contribution in [0.1, 0.15) is 0 Å². The highest BCUT2D eigenvalue weighted by Crippen LogP contribution is 2.18. The van der Waals surface area contributed by atoms with Crippen LogP contribution in [0, 0.1) is 0 Å². The molecule has 2 rings (SSSR count). The minimum Gasteiger partial charge on any atom is -0.494 e. The van der Waals surface area contributed by atoms with E-state index in [9.17, 15) is 4.79 Å². The van der Waals surface area contributed by atoms with Crippen molar-refractivity contribution in [1.29, 1.82) is 0 Å². The topological polar surface area (TPSA) is 72.8 Å². The zero-order valence-corrected chi connectivity index (χ0v) is 7.47. The van der Waals surface area contributed by atoms with E-state index in [1.165, 1.54) is 7.11 Å². The number of tetrazole rings is 1. The van der Waals surface area contributed by atoms with E-state index >= 15 is 0 Å². The standard InChI is InChI=1S/C8H8N4O2/c1-14-7-5-3-2-4-6(7)12-8(13)9-10-11-12/h2-5H,1H3,(H,9,11,13). The number of para-hydroxylation sites is 2. The number of hydrogen-bond acceptors (Lipinski definition) is 4. The Kier molecular flexibility index (Phi) is 2.02. The molecule has 0 unspecified atom stereocenters. The number of benzene rings is 1. The number of hydrogen-bond donors (Lipinski definition) is 1. The normalized spacial score (nSPS) is 10.1. The number of methoxy groups -OCH3 is 1. The van der Waals surface area contributed by atoms with Gasteiger partial charge in [0.05, 0.1) is 7.11 Å². The van der Waals surface area contributed by atoms with Gasteiger partial charge < -0.3 is 4.74 Å². The maximum Gasteiger partial charge on any atom is 0.365 e. The summed E-state index contributed by atoms with van der Waals surface area (Å²) in [4.78, 5) is 11.2. The first-order chi connectivity index (χ1) is 6.83. The van der Waals surface area contributed by atoms with Gasteiger partial charge in [0, 0.05) is 0 Å². The Morgan fingerprint density at radius 1 is 1.43 bits per heavy atom. The molecule has 1 aromatic carbocycles. The molecule has 14 heavy (non-hydrogen) atoms. The second kappa shape index (κ2) is 3.33. The first-order valence-corrected chi connectivity index (χ1v) is 3.96. The fourth-order valence-electron chi connectivity index (χ4n) is 1.16. The van der Waals surface area contributed by atoms with Crippen molar-refractivity contribution in [3.63, 3.8) is 0 Å². The van der Waals surface area contributed by atoms with Crippen LogP contribution < -0.4 is 10.4 Å². The van der Waals surface area contributed by atoms with Crippen LogP contribution in [0.4, 0.5) is 0 Å². The molecule has 0 amide bonds. The molecule has 0 saturated heterocycles. The Morgan fingerprint density at radius 2 is 2.21 bits per heavy atom. The highest BCUT2D eigenvalue weighted by Gasteiger charge is 2.07. The third-order valence-corrected chi connectivity index (χ3v) is 1.79. The molecule has 72 valence electrons. The number of H-pyrrole nitrogens is 1. The summed E-state index contributed by atoms with van der Waals surface area (Å²) < 4.78 is 6.22. The van der Waals surface area contributed by atoms with Gasteiger partial charge in [-0.15, -0.1) is 0 Å². The van der Waals surface area contributed by atoms with Crippen LogP contribution in [0.2, 0.25) is 0 Å². The van der Waals surface area contributed by atoms with E-state index in [-0.39, 0.29) is 0 Å². The molecule has 1 N–H and O–H groups in total. The van der Waals surface area contributed by atoms with E-state index in [1.807, 2.05) is 6.07 Å². The lowest BCUT2D eigenvalue weighted by atomic mass is 10.3. The summed E-state index contributed by atoms with van der Waals surface area (Å²) in [6.45, 7) is 0. The second-order valence-corrected chi connectivity index (χ2v) is 2.59. The van der Waals surface area contributed by atoms with E-state index in [0.717, 1.165) is 4.68 Å². The van der Waals surface area contributed by atoms with Crippen molar-refractivity contribution in [3.05, 3.63) is 34.7 Å². The Morgan fingerprint density at radius 3 is 2.86 bits per heavy atom. The van der Waals surface area contributed by atoms with Crippen molar-refractivity contribution in [2.75, 3.05) is 7.11 Å². The number of aromatic amines is 1. The van der Waals surface area contributed by atoms with Crippen LogP contribution in [0.3, 0.4) is 0 Å². The summed E-state index contributed by atoms with van der Waals surface area (Å²) >= 11 is 0. The molecule has 2 aromatic rings. The minimum atomic E-state index is -0.394. The molecule has 0 spiro atoms. The van der Waals surface area contributed by atoms with Gasteiger partial charge >= 0.3 is 5.69 Å². The molecule has 0 aliphatic heterocycles. The molecular weight excluding hydrogens is 184 g/mol. The number of nitrogens with one attached hydrogen (secondary N) is 1.